The van der Waals surface area contributed by atoms with Crippen LogP contribution in [0.5, 0.6) is 5.75 Å². The normalized spacial score (nSPS) is 10.3. The lowest BCUT2D eigenvalue weighted by molar-refractivity contribution is 0.102. The van der Waals surface area contributed by atoms with Crippen molar-refractivity contribution in [1.82, 2.24) is 0 Å². The summed E-state index contributed by atoms with van der Waals surface area (Å²) in [6, 6.07) is 9.73. The second-order valence-electron chi connectivity index (χ2n) is 3.74. The average Bonchev–Trinajstić information content (AvgIpc) is 2.33. The number of hydrogen-bond acceptors (Lipinski definition) is 2. The van der Waals surface area contributed by atoms with Crippen molar-refractivity contribution < 1.29 is 9.90 Å². The quantitative estimate of drug-likeness (QED) is 0.752. The van der Waals surface area contributed by atoms with Crippen LogP contribution in [0.15, 0.2) is 45.3 Å². The van der Waals surface area contributed by atoms with Crippen LogP contribution in [0.3, 0.4) is 0 Å². The van der Waals surface area contributed by atoms with Gasteiger partial charge in [0.05, 0.1) is 10.6 Å². The zero-order chi connectivity index (χ0) is 14.0. The molecular weight excluding hydrogens is 397 g/mol. The largest absolute Gasteiger partial charge is 0.507 e. The van der Waals surface area contributed by atoms with Gasteiger partial charge in [0.1, 0.15) is 5.75 Å². The summed E-state index contributed by atoms with van der Waals surface area (Å²) in [6.07, 6.45) is 0. The van der Waals surface area contributed by atoms with Gasteiger partial charge in [0.25, 0.3) is 5.91 Å². The van der Waals surface area contributed by atoms with Gasteiger partial charge in [-0.05, 0) is 52.3 Å². The first kappa shape index (κ1) is 14.4. The Bertz CT molecular complexity index is 647. The molecule has 0 unspecified atom stereocenters. The van der Waals surface area contributed by atoms with E-state index in [2.05, 4.69) is 37.2 Å². The summed E-state index contributed by atoms with van der Waals surface area (Å²) in [5, 5.41) is 13.0. The second-order valence-corrected chi connectivity index (χ2v) is 5.92. The topological polar surface area (TPSA) is 49.3 Å². The standard InChI is InChI=1S/C13H8Br2ClNO2/c14-7-1-3-9(12(18)5-7)13(19)17-8-2-4-11(16)10(15)6-8/h1-6,18H,(H,17,19). The molecular formula is C13H8Br2ClNO2. The number of nitrogens with one attached hydrogen (secondary N) is 1. The summed E-state index contributed by atoms with van der Waals surface area (Å²) in [4.78, 5) is 12.0. The highest BCUT2D eigenvalue weighted by molar-refractivity contribution is 9.10. The molecule has 2 aromatic carbocycles. The number of carbonyl (C=O) groups is 1. The van der Waals surface area contributed by atoms with Gasteiger partial charge in [-0.15, -0.1) is 0 Å². The van der Waals surface area contributed by atoms with Gasteiger partial charge in [-0.1, -0.05) is 27.5 Å². The fourth-order valence-corrected chi connectivity index (χ4v) is 2.31. The van der Waals surface area contributed by atoms with Crippen LogP contribution >= 0.6 is 43.5 Å². The van der Waals surface area contributed by atoms with Crippen molar-refractivity contribution in [2.24, 2.45) is 0 Å². The minimum Gasteiger partial charge on any atom is -0.507 e. The Morgan fingerprint density at radius 3 is 2.53 bits per heavy atom. The molecule has 0 aromatic heterocycles. The van der Waals surface area contributed by atoms with E-state index in [-0.39, 0.29) is 17.2 Å². The van der Waals surface area contributed by atoms with E-state index in [1.165, 1.54) is 6.07 Å². The molecule has 0 bridgehead atoms. The maximum absolute atomic E-state index is 12.0. The van der Waals surface area contributed by atoms with Crippen LogP contribution in [-0.2, 0) is 0 Å². The van der Waals surface area contributed by atoms with E-state index in [0.29, 0.717) is 19.7 Å². The van der Waals surface area contributed by atoms with Gasteiger partial charge in [-0.25, -0.2) is 0 Å². The van der Waals surface area contributed by atoms with Crippen LogP contribution in [0.1, 0.15) is 10.4 Å². The van der Waals surface area contributed by atoms with Crippen LogP contribution in [0.2, 0.25) is 5.02 Å². The molecule has 0 heterocycles. The molecule has 2 rings (SSSR count). The van der Waals surface area contributed by atoms with Crippen molar-refractivity contribution in [3.8, 4) is 5.75 Å². The number of aromatic hydroxyl groups is 1. The molecule has 0 saturated carbocycles. The third-order valence-corrected chi connectivity index (χ3v) is 4.09. The van der Waals surface area contributed by atoms with Gasteiger partial charge in [-0.2, -0.15) is 0 Å². The van der Waals surface area contributed by atoms with Crippen LogP contribution < -0.4 is 5.32 Å². The van der Waals surface area contributed by atoms with Crippen molar-refractivity contribution in [1.29, 1.82) is 0 Å². The Morgan fingerprint density at radius 2 is 1.89 bits per heavy atom. The molecule has 2 N–H and O–H groups in total. The van der Waals surface area contributed by atoms with E-state index >= 15 is 0 Å². The first-order chi connectivity index (χ1) is 8.97. The number of benzene rings is 2. The van der Waals surface area contributed by atoms with Crippen LogP contribution in [0, 0.1) is 0 Å². The summed E-state index contributed by atoms with van der Waals surface area (Å²) in [5.74, 6) is -0.473. The zero-order valence-electron chi connectivity index (χ0n) is 9.45. The molecule has 1 amide bonds. The predicted octanol–water partition coefficient (Wildman–Crippen LogP) is 4.82. The average molecular weight is 405 g/mol. The van der Waals surface area contributed by atoms with Crippen molar-refractivity contribution >= 4 is 55.1 Å². The Balaban J connectivity index is 2.23. The highest BCUT2D eigenvalue weighted by Gasteiger charge is 2.12. The highest BCUT2D eigenvalue weighted by atomic mass is 79.9. The van der Waals surface area contributed by atoms with Gasteiger partial charge in [0.2, 0.25) is 0 Å². The molecule has 6 heteroatoms. The number of carbonyl (C=O) groups excluding carboxylic acids is 1. The molecule has 0 atom stereocenters. The lowest BCUT2D eigenvalue weighted by Gasteiger charge is -2.08. The Labute approximate surface area is 131 Å². The zero-order valence-corrected chi connectivity index (χ0v) is 13.4. The fraction of sp³-hybridized carbons (Fsp3) is 0. The molecule has 0 radical (unpaired) electrons. The highest BCUT2D eigenvalue weighted by Crippen LogP contribution is 2.27. The Hall–Kier alpha value is -1.04. The number of amides is 1. The third-order valence-electron chi connectivity index (χ3n) is 2.38. The summed E-state index contributed by atoms with van der Waals surface area (Å²) in [7, 11) is 0. The summed E-state index contributed by atoms with van der Waals surface area (Å²) < 4.78 is 1.39. The molecule has 3 nitrogen and oxygen atoms in total. The van der Waals surface area contributed by atoms with Crippen molar-refractivity contribution in [2.45, 2.75) is 0 Å². The fourth-order valence-electron chi connectivity index (χ4n) is 1.47. The number of phenolic OH excluding ortho intramolecular Hbond substituents is 1. The van der Waals surface area contributed by atoms with Crippen LogP contribution in [0.25, 0.3) is 0 Å². The summed E-state index contributed by atoms with van der Waals surface area (Å²) in [6.45, 7) is 0. The lowest BCUT2D eigenvalue weighted by atomic mass is 10.2. The number of anilines is 1. The number of halogens is 3. The molecule has 19 heavy (non-hydrogen) atoms. The van der Waals surface area contributed by atoms with Gasteiger partial charge < -0.3 is 10.4 Å². The molecule has 98 valence electrons. The molecule has 0 saturated heterocycles. The van der Waals surface area contributed by atoms with E-state index in [1.807, 2.05) is 0 Å². The summed E-state index contributed by atoms with van der Waals surface area (Å²) in [5.41, 5.74) is 0.790. The van der Waals surface area contributed by atoms with E-state index in [4.69, 9.17) is 11.6 Å². The Morgan fingerprint density at radius 1 is 1.16 bits per heavy atom. The van der Waals surface area contributed by atoms with Gasteiger partial charge in [-0.3, -0.25) is 4.79 Å². The van der Waals surface area contributed by atoms with E-state index in [1.54, 1.807) is 30.3 Å². The number of hydrogen-bond donors (Lipinski definition) is 2. The van der Waals surface area contributed by atoms with E-state index in [0.717, 1.165) is 0 Å². The molecule has 2 aromatic rings. The van der Waals surface area contributed by atoms with Crippen LogP contribution in [-0.4, -0.2) is 11.0 Å². The van der Waals surface area contributed by atoms with Gasteiger partial charge in [0, 0.05) is 14.6 Å². The third kappa shape index (κ3) is 3.49. The van der Waals surface area contributed by atoms with E-state index < -0.39 is 0 Å². The number of phenols is 1. The molecule has 0 aliphatic rings. The van der Waals surface area contributed by atoms with Crippen molar-refractivity contribution in [2.75, 3.05) is 5.32 Å². The predicted molar refractivity (Wildman–Crippen MR) is 82.9 cm³/mol. The molecule has 0 aliphatic heterocycles. The molecule has 0 spiro atoms. The van der Waals surface area contributed by atoms with Gasteiger partial charge >= 0.3 is 0 Å². The van der Waals surface area contributed by atoms with Crippen molar-refractivity contribution in [3.05, 3.63) is 55.9 Å². The van der Waals surface area contributed by atoms with E-state index in [9.17, 15) is 9.90 Å². The maximum Gasteiger partial charge on any atom is 0.259 e. The number of rotatable bonds is 2. The van der Waals surface area contributed by atoms with Crippen LogP contribution in [0.4, 0.5) is 5.69 Å². The van der Waals surface area contributed by atoms with Crippen molar-refractivity contribution in [3.63, 3.8) is 0 Å². The lowest BCUT2D eigenvalue weighted by Crippen LogP contribution is -2.12. The second kappa shape index (κ2) is 5.94. The first-order valence-electron chi connectivity index (χ1n) is 5.22. The molecule has 0 aliphatic carbocycles. The monoisotopic (exact) mass is 403 g/mol. The maximum atomic E-state index is 12.0. The smallest absolute Gasteiger partial charge is 0.259 e. The Kier molecular flexibility index (Phi) is 4.50. The first-order valence-corrected chi connectivity index (χ1v) is 7.18. The minimum atomic E-state index is -0.390. The summed E-state index contributed by atoms with van der Waals surface area (Å²) >= 11 is 12.4. The SMILES string of the molecule is O=C(Nc1ccc(Cl)c(Br)c1)c1ccc(Br)cc1O. The molecule has 0 fully saturated rings. The van der Waals surface area contributed by atoms with Gasteiger partial charge in [0.15, 0.2) is 0 Å². The minimum absolute atomic E-state index is 0.0834.